The van der Waals surface area contributed by atoms with Crippen LogP contribution in [0.4, 0.5) is 10.1 Å². The molecule has 1 amide bonds. The molecule has 2 aromatic rings. The molecule has 0 saturated heterocycles. The van der Waals surface area contributed by atoms with Gasteiger partial charge in [-0.2, -0.15) is 0 Å². The highest BCUT2D eigenvalue weighted by Crippen LogP contribution is 2.15. The Morgan fingerprint density at radius 1 is 1.27 bits per heavy atom. The summed E-state index contributed by atoms with van der Waals surface area (Å²) in [6.45, 7) is 2.35. The van der Waals surface area contributed by atoms with Gasteiger partial charge < -0.3 is 5.32 Å². The Labute approximate surface area is 134 Å². The number of rotatable bonds is 5. The van der Waals surface area contributed by atoms with E-state index in [-0.39, 0.29) is 11.6 Å². The second kappa shape index (κ2) is 7.38. The van der Waals surface area contributed by atoms with Crippen LogP contribution < -0.4 is 5.32 Å². The monoisotopic (exact) mass is 320 g/mol. The van der Waals surface area contributed by atoms with E-state index in [1.54, 1.807) is 25.1 Å². The van der Waals surface area contributed by atoms with Gasteiger partial charge in [0, 0.05) is 11.6 Å². The molecule has 2 rings (SSSR count). The standard InChI is InChI=1S/C17H18ClFN2O/c1-12(17(22)20-16-9-4-3-8-15(16)19)21(2)11-13-6-5-7-14(18)10-13/h3-10,12H,11H2,1-2H3,(H,20,22)/t12-/m0/s1. The number of nitrogens with one attached hydrogen (secondary N) is 1. The van der Waals surface area contributed by atoms with Crippen LogP contribution in [0, 0.1) is 5.82 Å². The van der Waals surface area contributed by atoms with Gasteiger partial charge in [-0.15, -0.1) is 0 Å². The van der Waals surface area contributed by atoms with Crippen LogP contribution in [-0.4, -0.2) is 23.9 Å². The minimum Gasteiger partial charge on any atom is -0.322 e. The topological polar surface area (TPSA) is 32.3 Å². The maximum Gasteiger partial charge on any atom is 0.241 e. The van der Waals surface area contributed by atoms with Crippen LogP contribution in [-0.2, 0) is 11.3 Å². The first-order valence-corrected chi connectivity index (χ1v) is 7.35. The molecule has 0 aliphatic heterocycles. The van der Waals surface area contributed by atoms with E-state index in [1.807, 2.05) is 30.1 Å². The van der Waals surface area contributed by atoms with Crippen LogP contribution in [0.5, 0.6) is 0 Å². The number of halogens is 2. The third kappa shape index (κ3) is 4.29. The number of anilines is 1. The summed E-state index contributed by atoms with van der Waals surface area (Å²) < 4.78 is 13.6. The van der Waals surface area contributed by atoms with Crippen LogP contribution >= 0.6 is 11.6 Å². The maximum atomic E-state index is 13.6. The third-order valence-electron chi connectivity index (χ3n) is 3.49. The fourth-order valence-corrected chi connectivity index (χ4v) is 2.27. The largest absolute Gasteiger partial charge is 0.322 e. The number of carbonyl (C=O) groups is 1. The number of nitrogens with zero attached hydrogens (tertiary/aromatic N) is 1. The van der Waals surface area contributed by atoms with Gasteiger partial charge in [-0.25, -0.2) is 4.39 Å². The van der Waals surface area contributed by atoms with E-state index in [4.69, 9.17) is 11.6 Å². The van der Waals surface area contributed by atoms with Gasteiger partial charge in [-0.05, 0) is 43.8 Å². The van der Waals surface area contributed by atoms with Crippen molar-refractivity contribution in [3.05, 3.63) is 64.9 Å². The van der Waals surface area contributed by atoms with Gasteiger partial charge in [0.15, 0.2) is 0 Å². The number of hydrogen-bond donors (Lipinski definition) is 1. The van der Waals surface area contributed by atoms with Crippen molar-refractivity contribution in [2.24, 2.45) is 0 Å². The van der Waals surface area contributed by atoms with E-state index < -0.39 is 11.9 Å². The lowest BCUT2D eigenvalue weighted by Gasteiger charge is -2.24. The molecule has 5 heteroatoms. The molecule has 0 spiro atoms. The summed E-state index contributed by atoms with van der Waals surface area (Å²) in [7, 11) is 1.84. The molecule has 0 radical (unpaired) electrons. The van der Waals surface area contributed by atoms with Crippen molar-refractivity contribution in [2.75, 3.05) is 12.4 Å². The number of hydrogen-bond acceptors (Lipinski definition) is 2. The molecule has 0 fully saturated rings. The van der Waals surface area contributed by atoms with Crippen molar-refractivity contribution in [3.8, 4) is 0 Å². The molecular weight excluding hydrogens is 303 g/mol. The van der Waals surface area contributed by atoms with E-state index >= 15 is 0 Å². The molecule has 0 heterocycles. The number of para-hydroxylation sites is 1. The molecule has 0 unspecified atom stereocenters. The zero-order valence-corrected chi connectivity index (χ0v) is 13.3. The Morgan fingerprint density at radius 2 is 2.00 bits per heavy atom. The summed E-state index contributed by atoms with van der Waals surface area (Å²) in [5, 5.41) is 3.27. The summed E-state index contributed by atoms with van der Waals surface area (Å²) in [6.07, 6.45) is 0. The normalized spacial score (nSPS) is 12.2. The highest BCUT2D eigenvalue weighted by atomic mass is 35.5. The molecule has 0 aromatic heterocycles. The summed E-state index contributed by atoms with van der Waals surface area (Å²) in [4.78, 5) is 14.1. The molecule has 2 aromatic carbocycles. The fraction of sp³-hybridized carbons (Fsp3) is 0.235. The minimum absolute atomic E-state index is 0.190. The van der Waals surface area contributed by atoms with Gasteiger partial charge in [0.2, 0.25) is 5.91 Å². The Hall–Kier alpha value is -1.91. The molecule has 0 bridgehead atoms. The van der Waals surface area contributed by atoms with Gasteiger partial charge >= 0.3 is 0 Å². The molecule has 1 N–H and O–H groups in total. The van der Waals surface area contributed by atoms with E-state index in [1.165, 1.54) is 12.1 Å². The van der Waals surface area contributed by atoms with E-state index in [0.29, 0.717) is 11.6 Å². The zero-order chi connectivity index (χ0) is 16.1. The predicted octanol–water partition coefficient (Wildman–Crippen LogP) is 3.94. The summed E-state index contributed by atoms with van der Waals surface area (Å²) in [5.41, 5.74) is 1.20. The van der Waals surface area contributed by atoms with Crippen LogP contribution in [0.2, 0.25) is 5.02 Å². The summed E-state index contributed by atoms with van der Waals surface area (Å²) >= 11 is 5.96. The first-order valence-electron chi connectivity index (χ1n) is 6.97. The van der Waals surface area contributed by atoms with Crippen LogP contribution in [0.25, 0.3) is 0 Å². The second-order valence-corrected chi connectivity index (χ2v) is 5.63. The van der Waals surface area contributed by atoms with Gasteiger partial charge in [0.25, 0.3) is 0 Å². The molecule has 22 heavy (non-hydrogen) atoms. The van der Waals surface area contributed by atoms with Gasteiger partial charge in [-0.3, -0.25) is 9.69 Å². The Bertz CT molecular complexity index is 663. The highest BCUT2D eigenvalue weighted by molar-refractivity contribution is 6.30. The van der Waals surface area contributed by atoms with Crippen LogP contribution in [0.3, 0.4) is 0 Å². The van der Waals surface area contributed by atoms with Crippen molar-refractivity contribution in [1.29, 1.82) is 0 Å². The molecule has 0 saturated carbocycles. The lowest BCUT2D eigenvalue weighted by Crippen LogP contribution is -2.39. The average Bonchev–Trinajstić information content (AvgIpc) is 2.48. The lowest BCUT2D eigenvalue weighted by atomic mass is 10.2. The predicted molar refractivity (Wildman–Crippen MR) is 87.4 cm³/mol. The first-order chi connectivity index (χ1) is 10.5. The maximum absolute atomic E-state index is 13.6. The van der Waals surface area contributed by atoms with Crippen molar-refractivity contribution in [1.82, 2.24) is 4.90 Å². The average molecular weight is 321 g/mol. The third-order valence-corrected chi connectivity index (χ3v) is 3.73. The molecule has 1 atom stereocenters. The zero-order valence-electron chi connectivity index (χ0n) is 12.5. The van der Waals surface area contributed by atoms with Gasteiger partial charge in [-0.1, -0.05) is 35.9 Å². The second-order valence-electron chi connectivity index (χ2n) is 5.19. The van der Waals surface area contributed by atoms with E-state index in [9.17, 15) is 9.18 Å². The number of likely N-dealkylation sites (N-methyl/N-ethyl adjacent to an activating group) is 1. The molecule has 3 nitrogen and oxygen atoms in total. The highest BCUT2D eigenvalue weighted by Gasteiger charge is 2.19. The lowest BCUT2D eigenvalue weighted by molar-refractivity contribution is -0.120. The quantitative estimate of drug-likeness (QED) is 0.905. The van der Waals surface area contributed by atoms with Crippen molar-refractivity contribution >= 4 is 23.2 Å². The summed E-state index contributed by atoms with van der Waals surface area (Å²) in [5.74, 6) is -0.699. The summed E-state index contributed by atoms with van der Waals surface area (Å²) in [6, 6.07) is 13.2. The first kappa shape index (κ1) is 16.5. The van der Waals surface area contributed by atoms with E-state index in [0.717, 1.165) is 5.56 Å². The van der Waals surface area contributed by atoms with Crippen molar-refractivity contribution in [3.63, 3.8) is 0 Å². The number of benzene rings is 2. The molecule has 0 aliphatic rings. The Kier molecular flexibility index (Phi) is 5.52. The van der Waals surface area contributed by atoms with Crippen LogP contribution in [0.1, 0.15) is 12.5 Å². The SMILES string of the molecule is C[C@@H](C(=O)Nc1ccccc1F)N(C)Cc1cccc(Cl)c1. The number of amides is 1. The Balaban J connectivity index is 1.99. The molecule has 0 aliphatic carbocycles. The molecule has 116 valence electrons. The molecular formula is C17H18ClFN2O. The van der Waals surface area contributed by atoms with Gasteiger partial charge in [0.1, 0.15) is 5.82 Å². The fourth-order valence-electron chi connectivity index (χ4n) is 2.06. The minimum atomic E-state index is -0.444. The van der Waals surface area contributed by atoms with Crippen molar-refractivity contribution < 1.29 is 9.18 Å². The van der Waals surface area contributed by atoms with Gasteiger partial charge in [0.05, 0.1) is 11.7 Å². The smallest absolute Gasteiger partial charge is 0.241 e. The van der Waals surface area contributed by atoms with Crippen molar-refractivity contribution in [2.45, 2.75) is 19.5 Å². The van der Waals surface area contributed by atoms with Crippen LogP contribution in [0.15, 0.2) is 48.5 Å². The van der Waals surface area contributed by atoms with E-state index in [2.05, 4.69) is 5.32 Å². The number of carbonyl (C=O) groups excluding carboxylic acids is 1. The Morgan fingerprint density at radius 3 is 2.68 bits per heavy atom.